The molecule has 1 amide bonds. The summed E-state index contributed by atoms with van der Waals surface area (Å²) in [5, 5.41) is 2.53. The number of amides is 1. The molecular weight excluding hydrogens is 372 g/mol. The van der Waals surface area contributed by atoms with E-state index < -0.39 is 23.1 Å². The van der Waals surface area contributed by atoms with Crippen molar-refractivity contribution < 1.29 is 18.0 Å². The predicted octanol–water partition coefficient (Wildman–Crippen LogP) is 2.34. The summed E-state index contributed by atoms with van der Waals surface area (Å²) < 4.78 is 32.2. The highest BCUT2D eigenvalue weighted by atomic mass is 19.1. The van der Waals surface area contributed by atoms with Crippen LogP contribution in [0.15, 0.2) is 39.9 Å². The zero-order chi connectivity index (χ0) is 20.3. The molecule has 0 aliphatic heterocycles. The van der Waals surface area contributed by atoms with Gasteiger partial charge in [-0.05, 0) is 12.1 Å². The van der Waals surface area contributed by atoms with E-state index in [2.05, 4.69) is 20.3 Å². The molecule has 28 heavy (non-hydrogen) atoms. The second-order valence-corrected chi connectivity index (χ2v) is 6.12. The Morgan fingerprint density at radius 3 is 2.79 bits per heavy atom. The van der Waals surface area contributed by atoms with Gasteiger partial charge in [0, 0.05) is 33.0 Å². The summed E-state index contributed by atoms with van der Waals surface area (Å²) in [7, 11) is 3.39. The van der Waals surface area contributed by atoms with Crippen LogP contribution >= 0.6 is 0 Å². The minimum Gasteiger partial charge on any atom is -0.441 e. The van der Waals surface area contributed by atoms with Crippen LogP contribution in [0.25, 0.3) is 11.3 Å². The van der Waals surface area contributed by atoms with Gasteiger partial charge >= 0.3 is 0 Å². The predicted molar refractivity (Wildman–Crippen MR) is 98.0 cm³/mol. The van der Waals surface area contributed by atoms with Crippen molar-refractivity contribution in [1.82, 2.24) is 15.0 Å². The van der Waals surface area contributed by atoms with Gasteiger partial charge in [-0.25, -0.2) is 18.7 Å². The molecule has 0 aliphatic rings. The van der Waals surface area contributed by atoms with Crippen LogP contribution in [0.1, 0.15) is 12.3 Å². The summed E-state index contributed by atoms with van der Waals surface area (Å²) in [6, 6.07) is 3.11. The molecule has 2 N–H and O–H groups in total. The van der Waals surface area contributed by atoms with E-state index >= 15 is 0 Å². The zero-order valence-electron chi connectivity index (χ0n) is 15.1. The molecular formula is C18H17F2N5O3. The smallest absolute Gasteiger partial charge is 0.276 e. The molecule has 0 atom stereocenters. The number of aryl methyl sites for hydroxylation is 1. The molecule has 0 spiro atoms. The van der Waals surface area contributed by atoms with E-state index in [0.29, 0.717) is 5.82 Å². The van der Waals surface area contributed by atoms with Crippen molar-refractivity contribution in [3.05, 3.63) is 58.6 Å². The Hall–Kier alpha value is -3.56. The van der Waals surface area contributed by atoms with Crippen LogP contribution in [0.3, 0.4) is 0 Å². The molecule has 0 aliphatic carbocycles. The third kappa shape index (κ3) is 4.22. The lowest BCUT2D eigenvalue weighted by Gasteiger charge is -2.15. The lowest BCUT2D eigenvalue weighted by atomic mass is 10.2. The van der Waals surface area contributed by atoms with Gasteiger partial charge in [0.05, 0.1) is 18.1 Å². The van der Waals surface area contributed by atoms with Crippen LogP contribution in [0.2, 0.25) is 0 Å². The maximum atomic E-state index is 13.8. The van der Waals surface area contributed by atoms with Gasteiger partial charge in [0.2, 0.25) is 5.91 Å². The standard InChI is InChI=1S/C18H17F2N5O3/c1-25(2)17-16(18(27)23-9-22-17)24-14(26)5-6-15-21-8-13(28-15)11-4-3-10(19)7-12(11)20/h3-4,7-9H,5-6H2,1-2H3,(H,24,26)(H,22,23,27). The van der Waals surface area contributed by atoms with Crippen molar-refractivity contribution in [3.63, 3.8) is 0 Å². The molecule has 2 heterocycles. The summed E-state index contributed by atoms with van der Waals surface area (Å²) in [6.07, 6.45) is 2.66. The van der Waals surface area contributed by atoms with E-state index in [0.717, 1.165) is 12.1 Å². The summed E-state index contributed by atoms with van der Waals surface area (Å²) >= 11 is 0. The van der Waals surface area contributed by atoms with Crippen LogP contribution in [0, 0.1) is 11.6 Å². The van der Waals surface area contributed by atoms with Crippen LogP contribution in [0.5, 0.6) is 0 Å². The van der Waals surface area contributed by atoms with E-state index in [1.807, 2.05) is 0 Å². The monoisotopic (exact) mass is 389 g/mol. The SMILES string of the molecule is CN(C)c1nc[nH]c(=O)c1NC(=O)CCc1ncc(-c2ccc(F)cc2F)o1. The highest BCUT2D eigenvalue weighted by molar-refractivity contribution is 5.93. The Kier molecular flexibility index (Phi) is 5.48. The number of hydrogen-bond donors (Lipinski definition) is 2. The lowest BCUT2D eigenvalue weighted by molar-refractivity contribution is -0.116. The molecule has 0 radical (unpaired) electrons. The first-order valence-corrected chi connectivity index (χ1v) is 8.30. The van der Waals surface area contributed by atoms with E-state index in [1.54, 1.807) is 19.0 Å². The van der Waals surface area contributed by atoms with Crippen molar-refractivity contribution >= 4 is 17.4 Å². The average Bonchev–Trinajstić information content (AvgIpc) is 3.10. The van der Waals surface area contributed by atoms with Gasteiger partial charge in [0.1, 0.15) is 11.6 Å². The summed E-state index contributed by atoms with van der Waals surface area (Å²) in [6.45, 7) is 0. The number of halogens is 2. The van der Waals surface area contributed by atoms with E-state index in [9.17, 15) is 18.4 Å². The highest BCUT2D eigenvalue weighted by Gasteiger charge is 2.16. The second-order valence-electron chi connectivity index (χ2n) is 6.12. The fourth-order valence-electron chi connectivity index (χ4n) is 2.50. The van der Waals surface area contributed by atoms with Crippen molar-refractivity contribution in [2.75, 3.05) is 24.3 Å². The fraction of sp³-hybridized carbons (Fsp3) is 0.222. The number of oxazole rings is 1. The molecule has 2 aromatic heterocycles. The van der Waals surface area contributed by atoms with E-state index in [1.165, 1.54) is 18.6 Å². The van der Waals surface area contributed by atoms with Crippen LogP contribution in [0.4, 0.5) is 20.3 Å². The minimum atomic E-state index is -0.771. The molecule has 0 fully saturated rings. The van der Waals surface area contributed by atoms with E-state index in [-0.39, 0.29) is 35.7 Å². The maximum Gasteiger partial charge on any atom is 0.276 e. The summed E-state index contributed by atoms with van der Waals surface area (Å²) in [5.41, 5.74) is -0.363. The number of hydrogen-bond acceptors (Lipinski definition) is 6. The van der Waals surface area contributed by atoms with Gasteiger partial charge in [0.15, 0.2) is 23.2 Å². The Bertz CT molecular complexity index is 1060. The van der Waals surface area contributed by atoms with Crippen molar-refractivity contribution in [1.29, 1.82) is 0 Å². The number of nitrogens with one attached hydrogen (secondary N) is 2. The number of H-pyrrole nitrogens is 1. The number of aromatic amines is 1. The molecule has 10 heteroatoms. The molecule has 8 nitrogen and oxygen atoms in total. The number of benzene rings is 1. The Balaban J connectivity index is 1.66. The zero-order valence-corrected chi connectivity index (χ0v) is 15.1. The number of carbonyl (C=O) groups excluding carboxylic acids is 1. The molecule has 146 valence electrons. The largest absolute Gasteiger partial charge is 0.441 e. The molecule has 3 rings (SSSR count). The van der Waals surface area contributed by atoms with Gasteiger partial charge in [0.25, 0.3) is 5.56 Å². The van der Waals surface area contributed by atoms with Gasteiger partial charge in [-0.1, -0.05) is 0 Å². The number of carbonyl (C=O) groups is 1. The molecule has 0 bridgehead atoms. The molecule has 3 aromatic rings. The normalized spacial score (nSPS) is 10.7. The van der Waals surface area contributed by atoms with E-state index in [4.69, 9.17) is 4.42 Å². The number of rotatable bonds is 6. The number of nitrogens with zero attached hydrogens (tertiary/aromatic N) is 3. The van der Waals surface area contributed by atoms with Crippen molar-refractivity contribution in [2.24, 2.45) is 0 Å². The van der Waals surface area contributed by atoms with Crippen LogP contribution < -0.4 is 15.8 Å². The van der Waals surface area contributed by atoms with Crippen molar-refractivity contribution in [2.45, 2.75) is 12.8 Å². The number of aromatic nitrogens is 3. The quantitative estimate of drug-likeness (QED) is 0.671. The Morgan fingerprint density at radius 1 is 1.29 bits per heavy atom. The number of anilines is 2. The van der Waals surface area contributed by atoms with Gasteiger partial charge in [-0.3, -0.25) is 9.59 Å². The Morgan fingerprint density at radius 2 is 2.07 bits per heavy atom. The molecule has 1 aromatic carbocycles. The minimum absolute atomic E-state index is 0.0208. The first-order valence-electron chi connectivity index (χ1n) is 8.30. The van der Waals surface area contributed by atoms with Crippen molar-refractivity contribution in [3.8, 4) is 11.3 Å². The van der Waals surface area contributed by atoms with Gasteiger partial charge in [-0.2, -0.15) is 0 Å². The highest BCUT2D eigenvalue weighted by Crippen LogP contribution is 2.24. The summed E-state index contributed by atoms with van der Waals surface area (Å²) in [5.74, 6) is -1.24. The van der Waals surface area contributed by atoms with Gasteiger partial charge in [-0.15, -0.1) is 0 Å². The molecule has 0 saturated carbocycles. The topological polar surface area (TPSA) is 104 Å². The second kappa shape index (κ2) is 7.99. The third-order valence-electron chi connectivity index (χ3n) is 3.84. The Labute approximate surface area is 158 Å². The first-order chi connectivity index (χ1) is 13.3. The fourth-order valence-corrected chi connectivity index (χ4v) is 2.50. The molecule has 0 saturated heterocycles. The van der Waals surface area contributed by atoms with Crippen LogP contribution in [-0.2, 0) is 11.2 Å². The third-order valence-corrected chi connectivity index (χ3v) is 3.84. The summed E-state index contributed by atoms with van der Waals surface area (Å²) in [4.78, 5) is 36.2. The lowest BCUT2D eigenvalue weighted by Crippen LogP contribution is -2.25. The van der Waals surface area contributed by atoms with Gasteiger partial charge < -0.3 is 19.6 Å². The average molecular weight is 389 g/mol. The maximum absolute atomic E-state index is 13.8. The van der Waals surface area contributed by atoms with Crippen LogP contribution in [-0.4, -0.2) is 35.0 Å². The first kappa shape index (κ1) is 19.2. The molecule has 0 unspecified atom stereocenters.